The van der Waals surface area contributed by atoms with Crippen LogP contribution in [0.15, 0.2) is 0 Å². The van der Waals surface area contributed by atoms with Gasteiger partial charge in [0.2, 0.25) is 0 Å². The van der Waals surface area contributed by atoms with Gasteiger partial charge < -0.3 is 5.32 Å². The molecule has 62 valence electrons. The number of rotatable bonds is 4. The average Bonchev–Trinajstić information content (AvgIpc) is 2.52. The summed E-state index contributed by atoms with van der Waals surface area (Å²) in [6, 6.07) is 0.259. The van der Waals surface area contributed by atoms with Gasteiger partial charge in [-0.25, -0.2) is 5.10 Å². The minimum atomic E-state index is 0.259. The maximum atomic E-state index is 3.83. The summed E-state index contributed by atoms with van der Waals surface area (Å²) in [7, 11) is 1.91. The predicted octanol–water partition coefficient (Wildman–Crippen LogP) is 0.260. The van der Waals surface area contributed by atoms with E-state index in [0.717, 1.165) is 18.7 Å². The van der Waals surface area contributed by atoms with Crippen LogP contribution in [0.1, 0.15) is 31.6 Å². The Labute approximate surface area is 65.6 Å². The molecule has 2 N–H and O–H groups in total. The summed E-state index contributed by atoms with van der Waals surface area (Å²) in [4.78, 5) is 0. The lowest BCUT2D eigenvalue weighted by Gasteiger charge is -2.09. The Morgan fingerprint density at radius 1 is 1.64 bits per heavy atom. The largest absolute Gasteiger partial charge is 0.310 e. The highest BCUT2D eigenvalue weighted by Gasteiger charge is 2.10. The lowest BCUT2D eigenvalue weighted by atomic mass is 10.1. The van der Waals surface area contributed by atoms with Crippen LogP contribution in [0.2, 0.25) is 0 Å². The monoisotopic (exact) mass is 155 g/mol. The van der Waals surface area contributed by atoms with Gasteiger partial charge in [-0.15, -0.1) is 5.10 Å². The van der Waals surface area contributed by atoms with Crippen LogP contribution in [0, 0.1) is 0 Å². The summed E-state index contributed by atoms with van der Waals surface area (Å²) < 4.78 is 0. The molecule has 1 atom stereocenters. The zero-order valence-electron chi connectivity index (χ0n) is 6.83. The van der Waals surface area contributed by atoms with Crippen LogP contribution in [-0.4, -0.2) is 27.7 Å². The fourth-order valence-corrected chi connectivity index (χ4v) is 1.02. The minimum Gasteiger partial charge on any atom is -0.310 e. The molecule has 5 heteroatoms. The first-order valence-corrected chi connectivity index (χ1v) is 3.79. The van der Waals surface area contributed by atoms with Gasteiger partial charge in [-0.05, 0) is 23.9 Å². The number of hydrogen-bond acceptors (Lipinski definition) is 4. The molecule has 0 radical (unpaired) electrons. The number of tetrazole rings is 1. The van der Waals surface area contributed by atoms with E-state index in [0.29, 0.717) is 0 Å². The third-order valence-corrected chi connectivity index (χ3v) is 1.62. The lowest BCUT2D eigenvalue weighted by Crippen LogP contribution is -2.17. The molecule has 0 fully saturated rings. The van der Waals surface area contributed by atoms with Crippen LogP contribution in [0.3, 0.4) is 0 Å². The summed E-state index contributed by atoms with van der Waals surface area (Å²) >= 11 is 0. The number of aromatic nitrogens is 4. The maximum Gasteiger partial charge on any atom is 0.165 e. The van der Waals surface area contributed by atoms with Crippen molar-refractivity contribution >= 4 is 0 Å². The van der Waals surface area contributed by atoms with E-state index in [4.69, 9.17) is 0 Å². The van der Waals surface area contributed by atoms with Gasteiger partial charge in [-0.3, -0.25) is 0 Å². The van der Waals surface area contributed by atoms with Gasteiger partial charge in [0, 0.05) is 0 Å². The molecule has 0 aromatic carbocycles. The van der Waals surface area contributed by atoms with Gasteiger partial charge in [0.25, 0.3) is 0 Å². The van der Waals surface area contributed by atoms with Crippen molar-refractivity contribution in [2.75, 3.05) is 7.05 Å². The van der Waals surface area contributed by atoms with E-state index in [-0.39, 0.29) is 6.04 Å². The van der Waals surface area contributed by atoms with Crippen molar-refractivity contribution in [2.45, 2.75) is 25.8 Å². The molecule has 0 bridgehead atoms. The smallest absolute Gasteiger partial charge is 0.165 e. The average molecular weight is 155 g/mol. The molecule has 0 aliphatic carbocycles. The first kappa shape index (κ1) is 8.13. The SMILES string of the molecule is CCC[C@H](NC)c1nnn[nH]1. The van der Waals surface area contributed by atoms with Crippen LogP contribution in [0.5, 0.6) is 0 Å². The van der Waals surface area contributed by atoms with Gasteiger partial charge in [0.05, 0.1) is 6.04 Å². The molecule has 1 rings (SSSR count). The molecular weight excluding hydrogens is 142 g/mol. The van der Waals surface area contributed by atoms with Gasteiger partial charge in [0.1, 0.15) is 0 Å². The highest BCUT2D eigenvalue weighted by atomic mass is 15.5. The third-order valence-electron chi connectivity index (χ3n) is 1.62. The highest BCUT2D eigenvalue weighted by Crippen LogP contribution is 2.11. The van der Waals surface area contributed by atoms with E-state index < -0.39 is 0 Å². The lowest BCUT2D eigenvalue weighted by molar-refractivity contribution is 0.514. The number of H-pyrrole nitrogens is 1. The molecule has 1 aromatic heterocycles. The van der Waals surface area contributed by atoms with Gasteiger partial charge in [-0.1, -0.05) is 13.3 Å². The van der Waals surface area contributed by atoms with E-state index in [1.54, 1.807) is 0 Å². The Morgan fingerprint density at radius 3 is 2.91 bits per heavy atom. The molecule has 1 aromatic rings. The summed E-state index contributed by atoms with van der Waals surface area (Å²) in [5, 5.41) is 16.7. The molecule has 0 aliphatic rings. The van der Waals surface area contributed by atoms with Gasteiger partial charge >= 0.3 is 0 Å². The van der Waals surface area contributed by atoms with E-state index >= 15 is 0 Å². The van der Waals surface area contributed by atoms with Gasteiger partial charge in [-0.2, -0.15) is 0 Å². The topological polar surface area (TPSA) is 66.5 Å². The fourth-order valence-electron chi connectivity index (χ4n) is 1.02. The number of nitrogens with one attached hydrogen (secondary N) is 2. The molecule has 5 nitrogen and oxygen atoms in total. The van der Waals surface area contributed by atoms with Crippen LogP contribution >= 0.6 is 0 Å². The van der Waals surface area contributed by atoms with Crippen molar-refractivity contribution in [3.8, 4) is 0 Å². The second-order valence-electron chi connectivity index (χ2n) is 2.42. The highest BCUT2D eigenvalue weighted by molar-refractivity contribution is 4.87. The Morgan fingerprint density at radius 2 is 2.45 bits per heavy atom. The van der Waals surface area contributed by atoms with Crippen molar-refractivity contribution in [3.05, 3.63) is 5.82 Å². The molecule has 0 unspecified atom stereocenters. The Balaban J connectivity index is 2.56. The predicted molar refractivity (Wildman–Crippen MR) is 40.9 cm³/mol. The fraction of sp³-hybridized carbons (Fsp3) is 0.833. The van der Waals surface area contributed by atoms with Crippen LogP contribution in [-0.2, 0) is 0 Å². The third kappa shape index (κ3) is 1.98. The molecule has 1 heterocycles. The van der Waals surface area contributed by atoms with Crippen molar-refractivity contribution in [1.29, 1.82) is 0 Å². The van der Waals surface area contributed by atoms with E-state index in [9.17, 15) is 0 Å². The number of hydrogen-bond donors (Lipinski definition) is 2. The molecular formula is C6H13N5. The normalized spacial score (nSPS) is 13.3. The summed E-state index contributed by atoms with van der Waals surface area (Å²) in [6.07, 6.45) is 2.17. The number of aromatic amines is 1. The van der Waals surface area contributed by atoms with E-state index in [2.05, 4.69) is 32.9 Å². The first-order chi connectivity index (χ1) is 5.38. The molecule has 0 saturated heterocycles. The van der Waals surface area contributed by atoms with E-state index in [1.165, 1.54) is 0 Å². The van der Waals surface area contributed by atoms with Crippen molar-refractivity contribution in [3.63, 3.8) is 0 Å². The molecule has 0 saturated carbocycles. The number of nitrogens with zero attached hydrogens (tertiary/aromatic N) is 3. The molecule has 0 spiro atoms. The van der Waals surface area contributed by atoms with Crippen LogP contribution in [0.4, 0.5) is 0 Å². The van der Waals surface area contributed by atoms with Crippen LogP contribution in [0.25, 0.3) is 0 Å². The Bertz CT molecular complexity index is 183. The standard InChI is InChI=1S/C6H13N5/c1-3-4-5(7-2)6-8-10-11-9-6/h5,7H,3-4H2,1-2H3,(H,8,9,10,11)/t5-/m0/s1. The minimum absolute atomic E-state index is 0.259. The maximum absolute atomic E-state index is 3.83. The second-order valence-corrected chi connectivity index (χ2v) is 2.42. The zero-order valence-corrected chi connectivity index (χ0v) is 6.83. The molecule has 0 amide bonds. The second kappa shape index (κ2) is 4.02. The molecule has 11 heavy (non-hydrogen) atoms. The van der Waals surface area contributed by atoms with Crippen molar-refractivity contribution < 1.29 is 0 Å². The van der Waals surface area contributed by atoms with Crippen LogP contribution < -0.4 is 5.32 Å². The van der Waals surface area contributed by atoms with Gasteiger partial charge in [0.15, 0.2) is 5.82 Å². The summed E-state index contributed by atoms with van der Waals surface area (Å²) in [5.74, 6) is 0.814. The summed E-state index contributed by atoms with van der Waals surface area (Å²) in [6.45, 7) is 2.13. The van der Waals surface area contributed by atoms with Crippen molar-refractivity contribution in [1.82, 2.24) is 25.9 Å². The van der Waals surface area contributed by atoms with Crippen molar-refractivity contribution in [2.24, 2.45) is 0 Å². The quantitative estimate of drug-likeness (QED) is 0.654. The summed E-state index contributed by atoms with van der Waals surface area (Å²) in [5.41, 5.74) is 0. The first-order valence-electron chi connectivity index (χ1n) is 3.79. The Hall–Kier alpha value is -0.970. The Kier molecular flexibility index (Phi) is 2.97. The zero-order chi connectivity index (χ0) is 8.10. The molecule has 0 aliphatic heterocycles. The van der Waals surface area contributed by atoms with E-state index in [1.807, 2.05) is 7.05 Å².